The van der Waals surface area contributed by atoms with Crippen molar-refractivity contribution in [3.05, 3.63) is 70.6 Å². The summed E-state index contributed by atoms with van der Waals surface area (Å²) in [6, 6.07) is 17.3. The third-order valence-electron chi connectivity index (χ3n) is 4.32. The van der Waals surface area contributed by atoms with E-state index in [1.165, 1.54) is 33.0 Å². The van der Waals surface area contributed by atoms with Gasteiger partial charge in [-0.1, -0.05) is 81.1 Å². The highest BCUT2D eigenvalue weighted by molar-refractivity contribution is 8.05. The summed E-state index contributed by atoms with van der Waals surface area (Å²) in [5.74, 6) is 3.54. The van der Waals surface area contributed by atoms with Crippen LogP contribution in [-0.2, 0) is 6.42 Å². The number of nitrogens with zero attached hydrogens (tertiary/aromatic N) is 1. The molecular weight excluding hydrogens is 298 g/mol. The van der Waals surface area contributed by atoms with E-state index in [2.05, 4.69) is 80.1 Å². The average molecular weight is 321 g/mol. The van der Waals surface area contributed by atoms with Gasteiger partial charge in [0.05, 0.1) is 5.69 Å². The SMILES string of the molecule is CCC1=C(CC)N(c2c(CC)cccc2-c2ccccc2)[C]S1. The monoisotopic (exact) mass is 321 g/mol. The highest BCUT2D eigenvalue weighted by atomic mass is 32.2. The van der Waals surface area contributed by atoms with E-state index in [9.17, 15) is 0 Å². The molecule has 2 heteroatoms. The minimum atomic E-state index is 1.03. The van der Waals surface area contributed by atoms with E-state index in [0.29, 0.717) is 0 Å². The molecule has 0 saturated heterocycles. The van der Waals surface area contributed by atoms with Gasteiger partial charge in [0.1, 0.15) is 0 Å². The van der Waals surface area contributed by atoms with Crippen LogP contribution in [0.4, 0.5) is 5.69 Å². The summed E-state index contributed by atoms with van der Waals surface area (Å²) in [7, 11) is 0. The predicted molar refractivity (Wildman–Crippen MR) is 102 cm³/mol. The summed E-state index contributed by atoms with van der Waals surface area (Å²) in [6.45, 7) is 6.70. The number of benzene rings is 2. The molecule has 1 nitrogen and oxygen atoms in total. The van der Waals surface area contributed by atoms with Crippen molar-refractivity contribution in [1.29, 1.82) is 0 Å². The molecule has 0 atom stereocenters. The molecule has 0 fully saturated rings. The lowest BCUT2D eigenvalue weighted by atomic mass is 9.97. The highest BCUT2D eigenvalue weighted by Crippen LogP contribution is 2.46. The van der Waals surface area contributed by atoms with Gasteiger partial charge >= 0.3 is 0 Å². The van der Waals surface area contributed by atoms with E-state index in [1.807, 2.05) is 0 Å². The first kappa shape index (κ1) is 16.2. The van der Waals surface area contributed by atoms with Gasteiger partial charge in [0.2, 0.25) is 0 Å². The summed E-state index contributed by atoms with van der Waals surface area (Å²) in [5.41, 5.74) is 6.64. The molecule has 0 saturated carbocycles. The van der Waals surface area contributed by atoms with Crippen LogP contribution in [-0.4, -0.2) is 0 Å². The maximum Gasteiger partial charge on any atom is 0.169 e. The van der Waals surface area contributed by atoms with Crippen molar-refractivity contribution in [2.45, 2.75) is 40.0 Å². The quantitative estimate of drug-likeness (QED) is 0.618. The van der Waals surface area contributed by atoms with Gasteiger partial charge in [-0.05, 0) is 30.4 Å². The molecule has 118 valence electrons. The Kier molecular flexibility index (Phi) is 5.12. The second-order valence-electron chi connectivity index (χ2n) is 5.64. The summed E-state index contributed by atoms with van der Waals surface area (Å²) in [6.07, 6.45) is 3.14. The zero-order chi connectivity index (χ0) is 16.2. The van der Waals surface area contributed by atoms with E-state index < -0.39 is 0 Å². The fourth-order valence-corrected chi connectivity index (χ4v) is 4.04. The van der Waals surface area contributed by atoms with E-state index in [0.717, 1.165) is 19.3 Å². The summed E-state index contributed by atoms with van der Waals surface area (Å²) >= 11 is 1.76. The first-order valence-electron chi connectivity index (χ1n) is 8.42. The molecule has 1 aliphatic rings. The van der Waals surface area contributed by atoms with Gasteiger partial charge in [0.25, 0.3) is 0 Å². The lowest BCUT2D eigenvalue weighted by Gasteiger charge is -2.26. The number of thioether (sulfide) groups is 1. The fraction of sp³-hybridized carbons (Fsp3) is 0.286. The number of allylic oxidation sites excluding steroid dienone is 2. The van der Waals surface area contributed by atoms with Crippen molar-refractivity contribution in [3.8, 4) is 11.1 Å². The Bertz CT molecular complexity index is 703. The minimum absolute atomic E-state index is 1.03. The Labute approximate surface area is 144 Å². The Morgan fingerprint density at radius 1 is 0.870 bits per heavy atom. The predicted octanol–water partition coefficient (Wildman–Crippen LogP) is 6.50. The van der Waals surface area contributed by atoms with Crippen LogP contribution in [0, 0.1) is 5.88 Å². The normalized spacial score (nSPS) is 14.7. The molecule has 0 bridgehead atoms. The molecule has 0 aromatic heterocycles. The molecule has 0 aliphatic carbocycles. The van der Waals surface area contributed by atoms with Gasteiger partial charge in [0.15, 0.2) is 5.88 Å². The zero-order valence-corrected chi connectivity index (χ0v) is 14.9. The van der Waals surface area contributed by atoms with Crippen molar-refractivity contribution in [2.75, 3.05) is 4.90 Å². The van der Waals surface area contributed by atoms with Crippen LogP contribution in [0.3, 0.4) is 0 Å². The van der Waals surface area contributed by atoms with Gasteiger partial charge in [-0.15, -0.1) is 0 Å². The van der Waals surface area contributed by atoms with Crippen LogP contribution in [0.1, 0.15) is 39.2 Å². The van der Waals surface area contributed by atoms with Crippen LogP contribution in [0.15, 0.2) is 59.1 Å². The molecule has 2 aromatic rings. The second-order valence-corrected chi connectivity index (χ2v) is 6.52. The molecule has 23 heavy (non-hydrogen) atoms. The molecule has 3 rings (SSSR count). The fourth-order valence-electron chi connectivity index (χ4n) is 3.14. The van der Waals surface area contributed by atoms with Gasteiger partial charge in [0, 0.05) is 16.2 Å². The van der Waals surface area contributed by atoms with Crippen molar-refractivity contribution >= 4 is 17.4 Å². The lowest BCUT2D eigenvalue weighted by molar-refractivity contribution is 0.969. The molecule has 0 unspecified atom stereocenters. The van der Waals surface area contributed by atoms with Gasteiger partial charge in [-0.25, -0.2) is 0 Å². The molecule has 2 radical (unpaired) electrons. The van der Waals surface area contributed by atoms with Crippen LogP contribution in [0.25, 0.3) is 11.1 Å². The van der Waals surface area contributed by atoms with Crippen molar-refractivity contribution in [2.24, 2.45) is 0 Å². The number of hydrogen-bond acceptors (Lipinski definition) is 2. The molecule has 1 aliphatic heterocycles. The Balaban J connectivity index is 2.17. The number of rotatable bonds is 5. The maximum atomic E-state index is 3.54. The minimum Gasteiger partial charge on any atom is -0.322 e. The van der Waals surface area contributed by atoms with Crippen LogP contribution >= 0.6 is 11.8 Å². The number of anilines is 1. The van der Waals surface area contributed by atoms with Gasteiger partial charge in [-0.3, -0.25) is 0 Å². The lowest BCUT2D eigenvalue weighted by Crippen LogP contribution is -2.17. The van der Waals surface area contributed by atoms with Gasteiger partial charge < -0.3 is 4.90 Å². The Morgan fingerprint density at radius 3 is 2.30 bits per heavy atom. The molecule has 0 amide bonds. The highest BCUT2D eigenvalue weighted by Gasteiger charge is 2.27. The third kappa shape index (κ3) is 3.05. The maximum absolute atomic E-state index is 3.54. The van der Waals surface area contributed by atoms with Gasteiger partial charge in [-0.2, -0.15) is 0 Å². The number of para-hydroxylation sites is 1. The smallest absolute Gasteiger partial charge is 0.169 e. The molecule has 2 aromatic carbocycles. The first-order valence-corrected chi connectivity index (χ1v) is 9.23. The summed E-state index contributed by atoms with van der Waals surface area (Å²) in [5, 5.41) is 0. The summed E-state index contributed by atoms with van der Waals surface area (Å²) in [4.78, 5) is 3.75. The van der Waals surface area contributed by atoms with Crippen molar-refractivity contribution < 1.29 is 0 Å². The van der Waals surface area contributed by atoms with E-state index in [-0.39, 0.29) is 0 Å². The van der Waals surface area contributed by atoms with E-state index in [1.54, 1.807) is 11.8 Å². The second kappa shape index (κ2) is 7.27. The standard InChI is InChI=1S/C21H23NS/c1-4-16-13-10-14-18(17-11-8-7-9-12-17)21(16)22-15-23-20(6-3)19(22)5-2/h7-14H,4-6H2,1-3H3. The topological polar surface area (TPSA) is 3.24 Å². The molecule has 0 spiro atoms. The van der Waals surface area contributed by atoms with Crippen LogP contribution in [0.2, 0.25) is 0 Å². The van der Waals surface area contributed by atoms with Crippen LogP contribution < -0.4 is 4.90 Å². The average Bonchev–Trinajstić information content (AvgIpc) is 3.04. The summed E-state index contributed by atoms with van der Waals surface area (Å²) < 4.78 is 0. The molecule has 0 N–H and O–H groups in total. The van der Waals surface area contributed by atoms with Crippen LogP contribution in [0.5, 0.6) is 0 Å². The largest absolute Gasteiger partial charge is 0.322 e. The Morgan fingerprint density at radius 2 is 1.65 bits per heavy atom. The number of aryl methyl sites for hydroxylation is 1. The van der Waals surface area contributed by atoms with Crippen molar-refractivity contribution in [3.63, 3.8) is 0 Å². The molecular formula is C21H23NS. The Hall–Kier alpha value is -1.67. The van der Waals surface area contributed by atoms with E-state index in [4.69, 9.17) is 0 Å². The van der Waals surface area contributed by atoms with Crippen molar-refractivity contribution in [1.82, 2.24) is 0 Å². The first-order chi connectivity index (χ1) is 11.3. The third-order valence-corrected chi connectivity index (χ3v) is 5.36. The molecule has 1 heterocycles. The number of hydrogen-bond donors (Lipinski definition) is 0. The zero-order valence-electron chi connectivity index (χ0n) is 14.1. The van der Waals surface area contributed by atoms with E-state index >= 15 is 0 Å².